The van der Waals surface area contributed by atoms with Crippen molar-refractivity contribution in [2.75, 3.05) is 0 Å². The van der Waals surface area contributed by atoms with E-state index < -0.39 is 5.79 Å². The van der Waals surface area contributed by atoms with Gasteiger partial charge >= 0.3 is 0 Å². The summed E-state index contributed by atoms with van der Waals surface area (Å²) < 4.78 is 5.75. The first kappa shape index (κ1) is 15.5. The van der Waals surface area contributed by atoms with Gasteiger partial charge in [0, 0.05) is 11.8 Å². The molecule has 0 aromatic carbocycles. The fraction of sp³-hybridized carbons (Fsp3) is 0.923. The van der Waals surface area contributed by atoms with Gasteiger partial charge in [0.1, 0.15) is 7.28 Å². The Labute approximate surface area is 111 Å². The fourth-order valence-electron chi connectivity index (χ4n) is 2.44. The summed E-state index contributed by atoms with van der Waals surface area (Å²) >= 11 is 0. The molecule has 1 aliphatic rings. The lowest BCUT2D eigenvalue weighted by Crippen LogP contribution is -2.49. The van der Waals surface area contributed by atoms with Crippen molar-refractivity contribution in [3.8, 4) is 0 Å². The maximum Gasteiger partial charge on any atom is 0.220 e. The summed E-state index contributed by atoms with van der Waals surface area (Å²) in [4.78, 5) is 11.3. The molecule has 0 aromatic rings. The monoisotopic (exact) mass is 254 g/mol. The number of nitrogens with two attached hydrogens (primary N) is 1. The van der Waals surface area contributed by atoms with Gasteiger partial charge in [-0.3, -0.25) is 4.79 Å². The summed E-state index contributed by atoms with van der Waals surface area (Å²) in [6.45, 7) is 7.89. The van der Waals surface area contributed by atoms with Gasteiger partial charge in [-0.05, 0) is 31.9 Å². The normalized spacial score (nSPS) is 35.6. The molecule has 3 N–H and O–H groups in total. The molecule has 4 nitrogen and oxygen atoms in total. The predicted molar refractivity (Wildman–Crippen MR) is 72.2 cm³/mol. The zero-order valence-electron chi connectivity index (χ0n) is 11.8. The molecule has 5 unspecified atom stereocenters. The van der Waals surface area contributed by atoms with Crippen LogP contribution in [0.15, 0.2) is 0 Å². The number of rotatable bonds is 5. The van der Waals surface area contributed by atoms with E-state index in [4.69, 9.17) is 10.5 Å². The van der Waals surface area contributed by atoms with Gasteiger partial charge in [-0.2, -0.15) is 0 Å². The molecule has 0 bridgehead atoms. The Kier molecular flexibility index (Phi) is 5.23. The van der Waals surface area contributed by atoms with E-state index in [1.807, 2.05) is 20.8 Å². The molecule has 5 heteroatoms. The molecule has 1 rings (SSSR count). The van der Waals surface area contributed by atoms with Crippen LogP contribution in [0.5, 0.6) is 0 Å². The van der Waals surface area contributed by atoms with E-state index in [0.29, 0.717) is 25.0 Å². The molecule has 1 radical (unpaired) electrons. The summed E-state index contributed by atoms with van der Waals surface area (Å²) in [5.74, 6) is -1.41. The van der Waals surface area contributed by atoms with Crippen molar-refractivity contribution in [1.29, 1.82) is 0 Å². The molecule has 1 saturated heterocycles. The first-order valence-corrected chi connectivity index (χ1v) is 6.83. The lowest BCUT2D eigenvalue weighted by Gasteiger charge is -2.43. The minimum absolute atomic E-state index is 0.000135. The Morgan fingerprint density at radius 3 is 2.67 bits per heavy atom. The highest BCUT2D eigenvalue weighted by molar-refractivity contribution is 6.38. The van der Waals surface area contributed by atoms with Crippen molar-refractivity contribution in [3.05, 3.63) is 0 Å². The van der Waals surface area contributed by atoms with Crippen LogP contribution in [-0.4, -0.2) is 30.2 Å². The average Bonchev–Trinajstić information content (AvgIpc) is 2.30. The van der Waals surface area contributed by atoms with Crippen LogP contribution in [0.3, 0.4) is 0 Å². The average molecular weight is 254 g/mol. The van der Waals surface area contributed by atoms with Crippen LogP contribution in [0.25, 0.3) is 0 Å². The number of hydrogen-bond acceptors (Lipinski definition) is 3. The third-order valence-electron chi connectivity index (χ3n) is 4.22. The van der Waals surface area contributed by atoms with Gasteiger partial charge in [-0.1, -0.05) is 20.8 Å². The Morgan fingerprint density at radius 1 is 1.61 bits per heavy atom. The minimum atomic E-state index is -1.16. The summed E-state index contributed by atoms with van der Waals surface area (Å²) in [5.41, 5.74) is 5.35. The molecular formula is C13H25BNO3. The zero-order chi connectivity index (χ0) is 13.9. The van der Waals surface area contributed by atoms with Gasteiger partial charge in [0.05, 0.1) is 6.10 Å². The summed E-state index contributed by atoms with van der Waals surface area (Å²) in [5, 5.41) is 10.5. The number of hydrogen-bond donors (Lipinski definition) is 2. The predicted octanol–water partition coefficient (Wildman–Crippen LogP) is 1.56. The van der Waals surface area contributed by atoms with Crippen molar-refractivity contribution in [2.24, 2.45) is 17.6 Å². The second-order valence-corrected chi connectivity index (χ2v) is 5.61. The van der Waals surface area contributed by atoms with Gasteiger partial charge in [-0.15, -0.1) is 0 Å². The Morgan fingerprint density at radius 2 is 2.22 bits per heavy atom. The van der Waals surface area contributed by atoms with Crippen molar-refractivity contribution >= 4 is 13.2 Å². The van der Waals surface area contributed by atoms with Crippen LogP contribution in [-0.2, 0) is 9.53 Å². The number of amides is 1. The summed E-state index contributed by atoms with van der Waals surface area (Å²) in [7, 11) is 2.09. The Balaban J connectivity index is 2.65. The van der Waals surface area contributed by atoms with E-state index in [2.05, 4.69) is 14.2 Å². The number of aliphatic hydroxyl groups is 1. The highest BCUT2D eigenvalue weighted by Gasteiger charge is 2.42. The second-order valence-electron chi connectivity index (χ2n) is 5.61. The van der Waals surface area contributed by atoms with Gasteiger partial charge < -0.3 is 15.6 Å². The van der Waals surface area contributed by atoms with E-state index in [9.17, 15) is 9.90 Å². The molecule has 0 saturated carbocycles. The van der Waals surface area contributed by atoms with E-state index in [1.165, 1.54) is 0 Å². The quantitative estimate of drug-likeness (QED) is 0.731. The maximum absolute atomic E-state index is 11.3. The first-order chi connectivity index (χ1) is 8.30. The van der Waals surface area contributed by atoms with Gasteiger partial charge in [0.25, 0.3) is 0 Å². The van der Waals surface area contributed by atoms with Crippen LogP contribution in [0, 0.1) is 11.8 Å². The Bertz CT molecular complexity index is 300. The van der Waals surface area contributed by atoms with Crippen LogP contribution in [0.2, 0.25) is 12.1 Å². The molecule has 18 heavy (non-hydrogen) atoms. The van der Waals surface area contributed by atoms with Crippen molar-refractivity contribution in [2.45, 2.75) is 64.6 Å². The van der Waals surface area contributed by atoms with Crippen LogP contribution in [0.4, 0.5) is 0 Å². The van der Waals surface area contributed by atoms with Gasteiger partial charge in [0.15, 0.2) is 5.79 Å². The lowest BCUT2D eigenvalue weighted by molar-refractivity contribution is -0.250. The molecule has 103 valence electrons. The van der Waals surface area contributed by atoms with E-state index >= 15 is 0 Å². The maximum atomic E-state index is 11.3. The molecule has 5 atom stereocenters. The third kappa shape index (κ3) is 3.48. The van der Waals surface area contributed by atoms with Gasteiger partial charge in [-0.25, -0.2) is 0 Å². The van der Waals surface area contributed by atoms with Gasteiger partial charge in [0.2, 0.25) is 5.91 Å². The molecule has 0 aliphatic carbocycles. The molecule has 1 amide bonds. The molecule has 1 aliphatic heterocycles. The highest BCUT2D eigenvalue weighted by Crippen LogP contribution is 2.37. The largest absolute Gasteiger partial charge is 0.369 e. The van der Waals surface area contributed by atoms with E-state index in [0.717, 1.165) is 0 Å². The molecular weight excluding hydrogens is 229 g/mol. The van der Waals surface area contributed by atoms with Crippen LogP contribution >= 0.6 is 0 Å². The fourth-order valence-corrected chi connectivity index (χ4v) is 2.44. The lowest BCUT2D eigenvalue weighted by atomic mass is 9.55. The molecule has 1 fully saturated rings. The van der Waals surface area contributed by atoms with E-state index in [1.54, 1.807) is 0 Å². The SMILES string of the molecule is CCC(CC(C)C1(O)C[B]C(C)C(C)O1)C(N)=O. The number of carbonyl (C=O) groups excluding carboxylic acids is 1. The topological polar surface area (TPSA) is 72.6 Å². The smallest absolute Gasteiger partial charge is 0.220 e. The highest BCUT2D eigenvalue weighted by atomic mass is 16.6. The standard InChI is InChI=1S/C13H25BNO3/c1-5-11(12(15)16)6-8(2)13(17)7-14-9(3)10(4)18-13/h8-11,17H,5-7H2,1-4H3,(H2,15,16). The number of primary amides is 1. The first-order valence-electron chi connectivity index (χ1n) is 6.83. The van der Waals surface area contributed by atoms with Crippen LogP contribution < -0.4 is 5.73 Å². The van der Waals surface area contributed by atoms with Crippen molar-refractivity contribution < 1.29 is 14.6 Å². The van der Waals surface area contributed by atoms with Crippen molar-refractivity contribution in [3.63, 3.8) is 0 Å². The summed E-state index contributed by atoms with van der Waals surface area (Å²) in [6.07, 6.45) is 1.78. The molecule has 1 heterocycles. The second kappa shape index (κ2) is 6.07. The zero-order valence-corrected chi connectivity index (χ0v) is 11.8. The minimum Gasteiger partial charge on any atom is -0.369 e. The van der Waals surface area contributed by atoms with E-state index in [-0.39, 0.29) is 23.8 Å². The summed E-state index contributed by atoms with van der Waals surface area (Å²) in [6, 6.07) is 0. The third-order valence-corrected chi connectivity index (χ3v) is 4.22. The molecule has 0 aromatic heterocycles. The number of ether oxygens (including phenoxy) is 1. The van der Waals surface area contributed by atoms with Crippen LogP contribution in [0.1, 0.15) is 40.5 Å². The van der Waals surface area contributed by atoms with Crippen molar-refractivity contribution in [1.82, 2.24) is 0 Å². The number of carbonyl (C=O) groups is 1. The molecule has 0 spiro atoms. The Hall–Kier alpha value is -0.545.